The van der Waals surface area contributed by atoms with Crippen LogP contribution in [0.2, 0.25) is 0 Å². The highest BCUT2D eigenvalue weighted by Crippen LogP contribution is 2.27. The Hall–Kier alpha value is -2.49. The van der Waals surface area contributed by atoms with Gasteiger partial charge in [-0.1, -0.05) is 32.0 Å². The zero-order valence-electron chi connectivity index (χ0n) is 15.9. The van der Waals surface area contributed by atoms with E-state index in [1.807, 2.05) is 36.4 Å². The van der Waals surface area contributed by atoms with Crippen LogP contribution >= 0.6 is 0 Å². The third-order valence-corrected chi connectivity index (χ3v) is 4.82. The summed E-state index contributed by atoms with van der Waals surface area (Å²) in [6, 6.07) is 15.9. The molecule has 1 heterocycles. The molecule has 4 heteroatoms. The molecular weight excluding hydrogens is 324 g/mol. The number of hydrogen-bond donors (Lipinski definition) is 1. The van der Waals surface area contributed by atoms with Gasteiger partial charge in [-0.05, 0) is 61.6 Å². The highest BCUT2D eigenvalue weighted by Gasteiger charge is 2.18. The summed E-state index contributed by atoms with van der Waals surface area (Å²) >= 11 is 0. The molecule has 3 rings (SSSR count). The summed E-state index contributed by atoms with van der Waals surface area (Å²) in [7, 11) is 0. The van der Waals surface area contributed by atoms with Crippen LogP contribution in [0, 0.1) is 0 Å². The van der Waals surface area contributed by atoms with E-state index >= 15 is 0 Å². The van der Waals surface area contributed by atoms with Gasteiger partial charge in [-0.2, -0.15) is 0 Å². The second-order valence-corrected chi connectivity index (χ2v) is 7.18. The lowest BCUT2D eigenvalue weighted by Crippen LogP contribution is -2.30. The second kappa shape index (κ2) is 8.26. The summed E-state index contributed by atoms with van der Waals surface area (Å²) < 4.78 is 5.93. The minimum absolute atomic E-state index is 0.141. The van der Waals surface area contributed by atoms with E-state index in [0.717, 1.165) is 30.1 Å². The molecule has 4 nitrogen and oxygen atoms in total. The summed E-state index contributed by atoms with van der Waals surface area (Å²) in [5, 5.41) is 2.95. The van der Waals surface area contributed by atoms with E-state index in [1.54, 1.807) is 6.92 Å². The molecule has 1 N–H and O–H groups in total. The van der Waals surface area contributed by atoms with Gasteiger partial charge in [-0.15, -0.1) is 0 Å². The highest BCUT2D eigenvalue weighted by atomic mass is 16.5. The molecular formula is C22H28N2O2. The van der Waals surface area contributed by atoms with Gasteiger partial charge in [-0.25, -0.2) is 0 Å². The zero-order valence-corrected chi connectivity index (χ0v) is 15.9. The maximum atomic E-state index is 12.5. The lowest BCUT2D eigenvalue weighted by atomic mass is 10.0. The van der Waals surface area contributed by atoms with E-state index in [4.69, 9.17) is 4.74 Å². The van der Waals surface area contributed by atoms with Crippen molar-refractivity contribution in [1.82, 2.24) is 0 Å². The molecule has 0 saturated carbocycles. The minimum atomic E-state index is -0.562. The standard InChI is InChI=1S/C22H28N2O2/c1-16(2)20-8-4-5-9-21(20)26-17(3)22(25)23-18-10-12-19(13-11-18)24-14-6-7-15-24/h4-5,8-13,16-17H,6-7,14-15H2,1-3H3,(H,23,25)/t17-/m0/s1. The predicted octanol–water partition coefficient (Wildman–Crippen LogP) is 4.82. The minimum Gasteiger partial charge on any atom is -0.481 e. The van der Waals surface area contributed by atoms with Gasteiger partial charge in [0.1, 0.15) is 5.75 Å². The molecule has 138 valence electrons. The number of para-hydroxylation sites is 1. The van der Waals surface area contributed by atoms with Crippen LogP contribution in [-0.4, -0.2) is 25.1 Å². The van der Waals surface area contributed by atoms with Crippen molar-refractivity contribution in [3.63, 3.8) is 0 Å². The average Bonchev–Trinajstić information content (AvgIpc) is 3.17. The molecule has 0 unspecified atom stereocenters. The van der Waals surface area contributed by atoms with Crippen molar-refractivity contribution < 1.29 is 9.53 Å². The maximum Gasteiger partial charge on any atom is 0.265 e. The number of hydrogen-bond acceptors (Lipinski definition) is 3. The molecule has 0 aromatic heterocycles. The first kappa shape index (κ1) is 18.3. The van der Waals surface area contributed by atoms with E-state index < -0.39 is 6.10 Å². The monoisotopic (exact) mass is 352 g/mol. The summed E-state index contributed by atoms with van der Waals surface area (Å²) in [4.78, 5) is 14.9. The predicted molar refractivity (Wildman–Crippen MR) is 107 cm³/mol. The number of anilines is 2. The quantitative estimate of drug-likeness (QED) is 0.811. The van der Waals surface area contributed by atoms with Gasteiger partial charge in [0.15, 0.2) is 6.10 Å². The van der Waals surface area contributed by atoms with E-state index in [2.05, 4.69) is 36.2 Å². The summed E-state index contributed by atoms with van der Waals surface area (Å²) in [6.07, 6.45) is 1.95. The molecule has 1 amide bonds. The Morgan fingerprint density at radius 2 is 1.65 bits per heavy atom. The first-order chi connectivity index (χ1) is 12.5. The molecule has 1 aliphatic rings. The van der Waals surface area contributed by atoms with Crippen molar-refractivity contribution in [2.75, 3.05) is 23.3 Å². The Morgan fingerprint density at radius 1 is 1.00 bits per heavy atom. The van der Waals surface area contributed by atoms with Crippen LogP contribution in [0.5, 0.6) is 5.75 Å². The maximum absolute atomic E-state index is 12.5. The number of rotatable bonds is 6. The smallest absolute Gasteiger partial charge is 0.265 e. The number of ether oxygens (including phenoxy) is 1. The van der Waals surface area contributed by atoms with E-state index in [1.165, 1.54) is 18.5 Å². The number of nitrogens with zero attached hydrogens (tertiary/aromatic N) is 1. The SMILES string of the molecule is CC(C)c1ccccc1O[C@@H](C)C(=O)Nc1ccc(N2CCCC2)cc1. The third-order valence-electron chi connectivity index (χ3n) is 4.82. The van der Waals surface area contributed by atoms with Gasteiger partial charge in [0.25, 0.3) is 5.91 Å². The van der Waals surface area contributed by atoms with Crippen LogP contribution in [0.25, 0.3) is 0 Å². The zero-order chi connectivity index (χ0) is 18.5. The van der Waals surface area contributed by atoms with Gasteiger partial charge < -0.3 is 15.0 Å². The van der Waals surface area contributed by atoms with Crippen molar-refractivity contribution in [2.45, 2.75) is 45.6 Å². The molecule has 1 fully saturated rings. The van der Waals surface area contributed by atoms with Crippen LogP contribution in [0.15, 0.2) is 48.5 Å². The largest absolute Gasteiger partial charge is 0.481 e. The van der Waals surface area contributed by atoms with Crippen LogP contribution in [0.3, 0.4) is 0 Å². The van der Waals surface area contributed by atoms with Crippen LogP contribution in [-0.2, 0) is 4.79 Å². The second-order valence-electron chi connectivity index (χ2n) is 7.18. The molecule has 0 aliphatic carbocycles. The van der Waals surface area contributed by atoms with E-state index in [9.17, 15) is 4.79 Å². The van der Waals surface area contributed by atoms with Gasteiger partial charge in [-0.3, -0.25) is 4.79 Å². The van der Waals surface area contributed by atoms with Gasteiger partial charge in [0, 0.05) is 24.5 Å². The molecule has 0 bridgehead atoms. The molecule has 1 atom stereocenters. The topological polar surface area (TPSA) is 41.6 Å². The fraction of sp³-hybridized carbons (Fsp3) is 0.409. The molecule has 26 heavy (non-hydrogen) atoms. The number of amides is 1. The van der Waals surface area contributed by atoms with Gasteiger partial charge in [0.05, 0.1) is 0 Å². The van der Waals surface area contributed by atoms with Crippen molar-refractivity contribution in [3.05, 3.63) is 54.1 Å². The van der Waals surface area contributed by atoms with Crippen LogP contribution in [0.4, 0.5) is 11.4 Å². The summed E-state index contributed by atoms with van der Waals surface area (Å²) in [5.41, 5.74) is 3.13. The third kappa shape index (κ3) is 4.37. The molecule has 2 aromatic carbocycles. The molecule has 2 aromatic rings. The van der Waals surface area contributed by atoms with E-state index in [0.29, 0.717) is 5.92 Å². The van der Waals surface area contributed by atoms with Crippen molar-refractivity contribution in [2.24, 2.45) is 0 Å². The first-order valence-electron chi connectivity index (χ1n) is 9.46. The Morgan fingerprint density at radius 3 is 2.31 bits per heavy atom. The lowest BCUT2D eigenvalue weighted by molar-refractivity contribution is -0.122. The Balaban J connectivity index is 1.60. The first-order valence-corrected chi connectivity index (χ1v) is 9.46. The Kier molecular flexibility index (Phi) is 5.82. The number of carbonyl (C=O) groups is 1. The normalized spacial score (nSPS) is 15.2. The highest BCUT2D eigenvalue weighted by molar-refractivity contribution is 5.94. The number of benzene rings is 2. The number of nitrogens with one attached hydrogen (secondary N) is 1. The van der Waals surface area contributed by atoms with Crippen molar-refractivity contribution in [3.8, 4) is 5.75 Å². The van der Waals surface area contributed by atoms with Gasteiger partial charge in [0.2, 0.25) is 0 Å². The summed E-state index contributed by atoms with van der Waals surface area (Å²) in [6.45, 7) is 8.26. The fourth-order valence-electron chi connectivity index (χ4n) is 3.28. The molecule has 1 aliphatic heterocycles. The van der Waals surface area contributed by atoms with Gasteiger partial charge >= 0.3 is 0 Å². The lowest BCUT2D eigenvalue weighted by Gasteiger charge is -2.20. The van der Waals surface area contributed by atoms with Crippen molar-refractivity contribution in [1.29, 1.82) is 0 Å². The Bertz CT molecular complexity index is 734. The molecule has 1 saturated heterocycles. The van der Waals surface area contributed by atoms with Crippen molar-refractivity contribution >= 4 is 17.3 Å². The average molecular weight is 352 g/mol. The Labute approximate surface area is 156 Å². The van der Waals surface area contributed by atoms with Crippen LogP contribution in [0.1, 0.15) is 45.1 Å². The summed E-state index contributed by atoms with van der Waals surface area (Å²) in [5.74, 6) is 0.978. The number of carbonyl (C=O) groups excluding carboxylic acids is 1. The molecule has 0 spiro atoms. The van der Waals surface area contributed by atoms with E-state index in [-0.39, 0.29) is 5.91 Å². The molecule has 0 radical (unpaired) electrons. The fourth-order valence-corrected chi connectivity index (χ4v) is 3.28. The van der Waals surface area contributed by atoms with Crippen LogP contribution < -0.4 is 15.0 Å².